The van der Waals surface area contributed by atoms with Crippen LogP contribution in [-0.4, -0.2) is 59.3 Å². The van der Waals surface area contributed by atoms with Crippen LogP contribution in [0.1, 0.15) is 25.6 Å². The second-order valence-corrected chi connectivity index (χ2v) is 9.18. The summed E-state index contributed by atoms with van der Waals surface area (Å²) in [5.41, 5.74) is 1.76. The summed E-state index contributed by atoms with van der Waals surface area (Å²) < 4.78 is 5.36. The first-order valence-electron chi connectivity index (χ1n) is 9.13. The van der Waals surface area contributed by atoms with Gasteiger partial charge in [0.25, 0.3) is 0 Å². The molecule has 1 N–H and O–H groups in total. The topological polar surface area (TPSA) is 48.8 Å². The first-order chi connectivity index (χ1) is 12.3. The van der Waals surface area contributed by atoms with Gasteiger partial charge in [-0.2, -0.15) is 0 Å². The summed E-state index contributed by atoms with van der Waals surface area (Å²) in [7, 11) is 1.67. The number of hydrogen-bond acceptors (Lipinski definition) is 5. The van der Waals surface area contributed by atoms with Gasteiger partial charge in [0.05, 0.1) is 24.9 Å². The summed E-state index contributed by atoms with van der Waals surface area (Å²) in [6, 6.07) is 8.01. The summed E-state index contributed by atoms with van der Waals surface area (Å²) in [6.07, 6.45) is -0.128. The lowest BCUT2D eigenvalue weighted by Crippen LogP contribution is -2.76. The van der Waals surface area contributed by atoms with Gasteiger partial charge in [0, 0.05) is 48.0 Å². The van der Waals surface area contributed by atoms with E-state index in [0.29, 0.717) is 5.15 Å². The normalized spacial score (nSPS) is 41.0. The van der Waals surface area contributed by atoms with Crippen molar-refractivity contribution < 1.29 is 9.84 Å². The lowest BCUT2D eigenvalue weighted by Gasteiger charge is -2.68. The molecule has 0 saturated carbocycles. The summed E-state index contributed by atoms with van der Waals surface area (Å²) in [5, 5.41) is 12.5. The van der Waals surface area contributed by atoms with E-state index in [1.54, 1.807) is 7.11 Å². The number of benzene rings is 1. The second-order valence-electron chi connectivity index (χ2n) is 8.82. The molecular formula is C20H24ClN3O2. The van der Waals surface area contributed by atoms with Crippen molar-refractivity contribution in [3.05, 3.63) is 35.0 Å². The van der Waals surface area contributed by atoms with Crippen LogP contribution in [0.2, 0.25) is 5.15 Å². The van der Waals surface area contributed by atoms with Gasteiger partial charge in [-0.25, -0.2) is 4.98 Å². The van der Waals surface area contributed by atoms with E-state index in [4.69, 9.17) is 16.3 Å². The molecule has 0 unspecified atom stereocenters. The van der Waals surface area contributed by atoms with E-state index in [9.17, 15) is 5.11 Å². The van der Waals surface area contributed by atoms with Crippen molar-refractivity contribution in [2.24, 2.45) is 10.8 Å². The third-order valence-electron chi connectivity index (χ3n) is 6.55. The molecule has 0 amide bonds. The van der Waals surface area contributed by atoms with Crippen molar-refractivity contribution in [1.82, 2.24) is 14.8 Å². The average Bonchev–Trinajstić information content (AvgIpc) is 2.58. The molecule has 4 fully saturated rings. The number of halogens is 1. The van der Waals surface area contributed by atoms with Crippen LogP contribution in [0, 0.1) is 10.8 Å². The Morgan fingerprint density at radius 2 is 1.73 bits per heavy atom. The fraction of sp³-hybridized carbons (Fsp3) is 0.550. The maximum atomic E-state index is 10.9. The van der Waals surface area contributed by atoms with E-state index in [1.807, 2.05) is 18.2 Å². The Bertz CT molecular complexity index is 864. The smallest absolute Gasteiger partial charge is 0.135 e. The Hall–Kier alpha value is -1.40. The van der Waals surface area contributed by atoms with Crippen LogP contribution in [0.25, 0.3) is 10.9 Å². The summed E-state index contributed by atoms with van der Waals surface area (Å²) in [5.74, 6) is 0.821. The predicted octanol–water partition coefficient (Wildman–Crippen LogP) is 2.91. The van der Waals surface area contributed by atoms with Crippen molar-refractivity contribution in [3.8, 4) is 5.75 Å². The molecule has 4 bridgehead atoms. The number of pyridine rings is 1. The fourth-order valence-corrected chi connectivity index (χ4v) is 5.92. The van der Waals surface area contributed by atoms with Crippen molar-refractivity contribution in [1.29, 1.82) is 0 Å². The van der Waals surface area contributed by atoms with Gasteiger partial charge in [0.2, 0.25) is 0 Å². The first-order valence-corrected chi connectivity index (χ1v) is 9.51. The molecule has 6 heteroatoms. The van der Waals surface area contributed by atoms with Gasteiger partial charge >= 0.3 is 0 Å². The van der Waals surface area contributed by atoms with Gasteiger partial charge in [-0.3, -0.25) is 9.80 Å². The van der Waals surface area contributed by atoms with E-state index >= 15 is 0 Å². The lowest BCUT2D eigenvalue weighted by molar-refractivity contribution is -0.253. The van der Waals surface area contributed by atoms with Gasteiger partial charge in [0.15, 0.2) is 0 Å². The van der Waals surface area contributed by atoms with E-state index in [2.05, 4.69) is 34.7 Å². The van der Waals surface area contributed by atoms with Crippen LogP contribution in [0.5, 0.6) is 5.75 Å². The minimum Gasteiger partial charge on any atom is -0.497 e. The fourth-order valence-electron chi connectivity index (χ4n) is 5.68. The first kappa shape index (κ1) is 16.8. The molecule has 6 rings (SSSR count). The minimum atomic E-state index is -0.252. The Morgan fingerprint density at radius 3 is 2.31 bits per heavy atom. The maximum Gasteiger partial charge on any atom is 0.135 e. The standard InChI is InChI=1S/C20H24ClN3O2/c1-19-8-23-10-20(2,18(19)25)11-24(9-19)17(23)14-7-12-6-13(26-3)4-5-15(12)22-16(14)21/h4-7,17-18,25H,8-11H2,1-3H3. The molecule has 0 aliphatic carbocycles. The SMILES string of the molecule is COc1ccc2nc(Cl)c(C3N4CC5(C)CN3CC(C)(C4)C5O)cc2c1. The summed E-state index contributed by atoms with van der Waals surface area (Å²) in [6.45, 7) is 7.95. The lowest BCUT2D eigenvalue weighted by atomic mass is 9.60. The summed E-state index contributed by atoms with van der Waals surface area (Å²) in [4.78, 5) is 9.57. The molecule has 1 aromatic carbocycles. The highest BCUT2D eigenvalue weighted by Gasteiger charge is 2.62. The molecule has 26 heavy (non-hydrogen) atoms. The Labute approximate surface area is 158 Å². The zero-order chi connectivity index (χ0) is 18.3. The Morgan fingerprint density at radius 1 is 1.12 bits per heavy atom. The molecule has 5 heterocycles. The minimum absolute atomic E-state index is 0.0816. The molecule has 0 spiro atoms. The van der Waals surface area contributed by atoms with E-state index in [0.717, 1.165) is 48.4 Å². The molecule has 0 atom stereocenters. The van der Waals surface area contributed by atoms with E-state index < -0.39 is 0 Å². The zero-order valence-corrected chi connectivity index (χ0v) is 16.1. The number of nitrogens with zero attached hydrogens (tertiary/aromatic N) is 3. The number of hydrogen-bond donors (Lipinski definition) is 1. The van der Waals surface area contributed by atoms with Gasteiger partial charge in [-0.05, 0) is 24.3 Å². The number of methoxy groups -OCH3 is 1. The molecule has 138 valence electrons. The van der Waals surface area contributed by atoms with Gasteiger partial charge < -0.3 is 9.84 Å². The number of rotatable bonds is 2. The van der Waals surface area contributed by atoms with Crippen molar-refractivity contribution in [2.45, 2.75) is 26.1 Å². The van der Waals surface area contributed by atoms with Crippen LogP contribution in [-0.2, 0) is 0 Å². The van der Waals surface area contributed by atoms with Gasteiger partial charge in [-0.1, -0.05) is 25.4 Å². The van der Waals surface area contributed by atoms with Gasteiger partial charge in [-0.15, -0.1) is 0 Å². The number of ether oxygens (including phenoxy) is 1. The largest absolute Gasteiger partial charge is 0.497 e. The third kappa shape index (κ3) is 2.18. The molecule has 4 aliphatic rings. The molecule has 5 nitrogen and oxygen atoms in total. The summed E-state index contributed by atoms with van der Waals surface area (Å²) >= 11 is 6.62. The van der Waals surface area contributed by atoms with Crippen LogP contribution in [0.3, 0.4) is 0 Å². The number of piperidine rings is 2. The quantitative estimate of drug-likeness (QED) is 0.820. The number of fused-ring (bicyclic) bond motifs is 1. The average molecular weight is 374 g/mol. The predicted molar refractivity (Wildman–Crippen MR) is 101 cm³/mol. The van der Waals surface area contributed by atoms with Crippen molar-refractivity contribution in [3.63, 3.8) is 0 Å². The van der Waals surface area contributed by atoms with Crippen molar-refractivity contribution >= 4 is 22.5 Å². The number of aliphatic hydroxyl groups excluding tert-OH is 1. The molecule has 4 aliphatic heterocycles. The van der Waals surface area contributed by atoms with E-state index in [1.165, 1.54) is 0 Å². The molecule has 4 saturated heterocycles. The van der Waals surface area contributed by atoms with Crippen LogP contribution >= 0.6 is 11.6 Å². The highest BCUT2D eigenvalue weighted by atomic mass is 35.5. The van der Waals surface area contributed by atoms with Crippen LogP contribution in [0.15, 0.2) is 24.3 Å². The second kappa shape index (κ2) is 5.32. The van der Waals surface area contributed by atoms with Crippen LogP contribution in [0.4, 0.5) is 0 Å². The molecular weight excluding hydrogens is 350 g/mol. The Kier molecular flexibility index (Phi) is 3.43. The number of aromatic nitrogens is 1. The number of aliphatic hydroxyl groups is 1. The van der Waals surface area contributed by atoms with Gasteiger partial charge in [0.1, 0.15) is 10.9 Å². The maximum absolute atomic E-state index is 10.9. The van der Waals surface area contributed by atoms with E-state index in [-0.39, 0.29) is 23.1 Å². The highest BCUT2D eigenvalue weighted by Crippen LogP contribution is 2.54. The highest BCUT2D eigenvalue weighted by molar-refractivity contribution is 6.30. The Balaban J connectivity index is 1.60. The van der Waals surface area contributed by atoms with Crippen molar-refractivity contribution in [2.75, 3.05) is 33.3 Å². The zero-order valence-electron chi connectivity index (χ0n) is 15.4. The molecule has 1 aromatic heterocycles. The molecule has 0 radical (unpaired) electrons. The van der Waals surface area contributed by atoms with Crippen LogP contribution < -0.4 is 4.74 Å². The third-order valence-corrected chi connectivity index (χ3v) is 6.85. The monoisotopic (exact) mass is 373 g/mol. The molecule has 2 aromatic rings.